The fourth-order valence-electron chi connectivity index (χ4n) is 4.08. The second-order valence-corrected chi connectivity index (χ2v) is 8.08. The number of ether oxygens (including phenoxy) is 1. The summed E-state index contributed by atoms with van der Waals surface area (Å²) in [6.07, 6.45) is 3.25. The third-order valence-corrected chi connectivity index (χ3v) is 5.83. The van der Waals surface area contributed by atoms with Gasteiger partial charge in [-0.25, -0.2) is 4.39 Å². The van der Waals surface area contributed by atoms with Gasteiger partial charge < -0.3 is 14.5 Å². The Morgan fingerprint density at radius 2 is 1.82 bits per heavy atom. The summed E-state index contributed by atoms with van der Waals surface area (Å²) in [7, 11) is 1.60. The van der Waals surface area contributed by atoms with Crippen LogP contribution in [0.2, 0.25) is 0 Å². The number of hydrogen-bond donors (Lipinski definition) is 1. The predicted octanol–water partition coefficient (Wildman–Crippen LogP) is 6.84. The van der Waals surface area contributed by atoms with E-state index in [1.165, 1.54) is 12.1 Å². The molecule has 1 N–H and O–H groups in total. The molecule has 0 aliphatic heterocycles. The van der Waals surface area contributed by atoms with E-state index in [9.17, 15) is 9.18 Å². The number of aryl methyl sites for hydroxylation is 1. The molecule has 0 fully saturated rings. The Morgan fingerprint density at radius 3 is 2.48 bits per heavy atom. The van der Waals surface area contributed by atoms with Crippen molar-refractivity contribution >= 4 is 22.4 Å². The SMILES string of the molecule is COc1c(/C(C)=C/C(=O)NC(C)c2ccccc2)cc2c(-c3ccc(F)cc3)coc2c1C. The monoisotopic (exact) mass is 443 g/mol. The lowest BCUT2D eigenvalue weighted by atomic mass is 9.96. The van der Waals surface area contributed by atoms with Crippen LogP contribution in [-0.4, -0.2) is 13.0 Å². The smallest absolute Gasteiger partial charge is 0.244 e. The molecule has 33 heavy (non-hydrogen) atoms. The molecule has 0 spiro atoms. The molecule has 1 amide bonds. The maximum atomic E-state index is 13.4. The van der Waals surface area contributed by atoms with Crippen molar-refractivity contribution in [2.24, 2.45) is 0 Å². The number of carbonyl (C=O) groups is 1. The van der Waals surface area contributed by atoms with E-state index in [0.29, 0.717) is 11.3 Å². The molecular formula is C28H26FNO3. The molecule has 0 bridgehead atoms. The highest BCUT2D eigenvalue weighted by Crippen LogP contribution is 2.40. The summed E-state index contributed by atoms with van der Waals surface area (Å²) in [5.41, 5.74) is 5.84. The number of methoxy groups -OCH3 is 1. The fourth-order valence-corrected chi connectivity index (χ4v) is 4.08. The van der Waals surface area contributed by atoms with Crippen LogP contribution in [0, 0.1) is 12.7 Å². The van der Waals surface area contributed by atoms with Gasteiger partial charge in [-0.2, -0.15) is 0 Å². The van der Waals surface area contributed by atoms with Gasteiger partial charge in [-0.3, -0.25) is 4.79 Å². The second-order valence-electron chi connectivity index (χ2n) is 8.08. The Bertz CT molecular complexity index is 1320. The Hall–Kier alpha value is -3.86. The lowest BCUT2D eigenvalue weighted by molar-refractivity contribution is -0.117. The molecule has 1 unspecified atom stereocenters. The zero-order valence-electron chi connectivity index (χ0n) is 19.1. The van der Waals surface area contributed by atoms with Gasteiger partial charge in [-0.05, 0) is 55.7 Å². The summed E-state index contributed by atoms with van der Waals surface area (Å²) < 4.78 is 24.9. The van der Waals surface area contributed by atoms with Gasteiger partial charge in [0.25, 0.3) is 0 Å². The number of nitrogens with one attached hydrogen (secondary N) is 1. The molecule has 0 saturated heterocycles. The molecule has 4 rings (SSSR count). The number of amides is 1. The number of carbonyl (C=O) groups excluding carboxylic acids is 1. The van der Waals surface area contributed by atoms with E-state index >= 15 is 0 Å². The van der Waals surface area contributed by atoms with E-state index in [1.54, 1.807) is 31.6 Å². The van der Waals surface area contributed by atoms with Crippen LogP contribution in [-0.2, 0) is 4.79 Å². The topological polar surface area (TPSA) is 51.5 Å². The third kappa shape index (κ3) is 4.53. The molecule has 1 atom stereocenters. The minimum absolute atomic E-state index is 0.118. The molecule has 0 saturated carbocycles. The van der Waals surface area contributed by atoms with Crippen LogP contribution in [0.15, 0.2) is 77.4 Å². The highest BCUT2D eigenvalue weighted by Gasteiger charge is 2.19. The predicted molar refractivity (Wildman–Crippen MR) is 130 cm³/mol. The van der Waals surface area contributed by atoms with Gasteiger partial charge in [-0.1, -0.05) is 42.5 Å². The van der Waals surface area contributed by atoms with E-state index in [2.05, 4.69) is 5.32 Å². The fraction of sp³-hybridized carbons (Fsp3) is 0.179. The minimum atomic E-state index is -0.292. The van der Waals surface area contributed by atoms with Crippen molar-refractivity contribution in [1.29, 1.82) is 0 Å². The quantitative estimate of drug-likeness (QED) is 0.332. The Morgan fingerprint density at radius 1 is 1.12 bits per heavy atom. The van der Waals surface area contributed by atoms with Crippen molar-refractivity contribution in [2.45, 2.75) is 26.8 Å². The van der Waals surface area contributed by atoms with Gasteiger partial charge >= 0.3 is 0 Å². The Labute approximate surface area is 192 Å². The van der Waals surface area contributed by atoms with Crippen molar-refractivity contribution in [3.8, 4) is 16.9 Å². The summed E-state index contributed by atoms with van der Waals surface area (Å²) in [6, 6.07) is 18.0. The summed E-state index contributed by atoms with van der Waals surface area (Å²) in [4.78, 5) is 12.7. The van der Waals surface area contributed by atoms with Crippen LogP contribution in [0.1, 0.15) is 36.6 Å². The molecule has 4 aromatic rings. The standard InChI is InChI=1S/C28H26FNO3/c1-17(14-26(31)30-19(3)20-8-6-5-7-9-20)23-15-24-25(21-10-12-22(29)13-11-21)16-33-28(24)18(2)27(23)32-4/h5-16,19H,1-4H3,(H,30,31)/b17-14+. The molecule has 1 heterocycles. The third-order valence-electron chi connectivity index (χ3n) is 5.83. The van der Waals surface area contributed by atoms with Crippen molar-refractivity contribution < 1.29 is 18.3 Å². The first-order chi connectivity index (χ1) is 15.9. The lowest BCUT2D eigenvalue weighted by Gasteiger charge is -2.15. The van der Waals surface area contributed by atoms with Crippen molar-refractivity contribution in [3.63, 3.8) is 0 Å². The van der Waals surface area contributed by atoms with Gasteiger partial charge in [0.05, 0.1) is 19.4 Å². The van der Waals surface area contributed by atoms with E-state index in [-0.39, 0.29) is 17.8 Å². The summed E-state index contributed by atoms with van der Waals surface area (Å²) in [5, 5.41) is 3.89. The Balaban J connectivity index is 1.71. The van der Waals surface area contributed by atoms with Crippen molar-refractivity contribution in [2.75, 3.05) is 7.11 Å². The average molecular weight is 444 g/mol. The number of furan rings is 1. The van der Waals surface area contributed by atoms with Crippen LogP contribution in [0.5, 0.6) is 5.75 Å². The van der Waals surface area contributed by atoms with Gasteiger partial charge in [0.15, 0.2) is 0 Å². The lowest BCUT2D eigenvalue weighted by Crippen LogP contribution is -2.24. The average Bonchev–Trinajstić information content (AvgIpc) is 3.24. The van der Waals surface area contributed by atoms with Crippen LogP contribution in [0.3, 0.4) is 0 Å². The molecule has 0 radical (unpaired) electrons. The maximum absolute atomic E-state index is 13.4. The normalized spacial score (nSPS) is 12.6. The zero-order chi connectivity index (χ0) is 23.5. The maximum Gasteiger partial charge on any atom is 0.244 e. The summed E-state index contributed by atoms with van der Waals surface area (Å²) in [5.74, 6) is 0.175. The summed E-state index contributed by atoms with van der Waals surface area (Å²) >= 11 is 0. The number of allylic oxidation sites excluding steroid dienone is 1. The number of rotatable bonds is 6. The molecule has 168 valence electrons. The summed E-state index contributed by atoms with van der Waals surface area (Å²) in [6.45, 7) is 5.76. The molecule has 5 heteroatoms. The molecule has 1 aromatic heterocycles. The number of benzene rings is 3. The van der Waals surface area contributed by atoms with Gasteiger partial charge in [0.2, 0.25) is 5.91 Å². The van der Waals surface area contributed by atoms with Crippen LogP contribution < -0.4 is 10.1 Å². The van der Waals surface area contributed by atoms with Gasteiger partial charge in [-0.15, -0.1) is 0 Å². The van der Waals surface area contributed by atoms with Crippen LogP contribution >= 0.6 is 0 Å². The van der Waals surface area contributed by atoms with Gasteiger partial charge in [0.1, 0.15) is 17.1 Å². The van der Waals surface area contributed by atoms with E-state index in [0.717, 1.165) is 38.8 Å². The van der Waals surface area contributed by atoms with E-state index in [1.807, 2.05) is 57.2 Å². The molecule has 3 aromatic carbocycles. The van der Waals surface area contributed by atoms with Crippen LogP contribution in [0.25, 0.3) is 27.7 Å². The first kappa shape index (κ1) is 22.3. The molecular weight excluding hydrogens is 417 g/mol. The number of hydrogen-bond acceptors (Lipinski definition) is 3. The number of fused-ring (bicyclic) bond motifs is 1. The highest BCUT2D eigenvalue weighted by atomic mass is 19.1. The first-order valence-corrected chi connectivity index (χ1v) is 10.8. The largest absolute Gasteiger partial charge is 0.496 e. The first-order valence-electron chi connectivity index (χ1n) is 10.8. The molecule has 4 nitrogen and oxygen atoms in total. The Kier molecular flexibility index (Phi) is 6.31. The molecule has 0 aliphatic rings. The highest BCUT2D eigenvalue weighted by molar-refractivity contribution is 6.01. The number of halogens is 1. The second kappa shape index (κ2) is 9.33. The van der Waals surface area contributed by atoms with E-state index < -0.39 is 0 Å². The van der Waals surface area contributed by atoms with E-state index in [4.69, 9.17) is 9.15 Å². The van der Waals surface area contributed by atoms with Gasteiger partial charge in [0, 0.05) is 28.2 Å². The molecule has 0 aliphatic carbocycles. The zero-order valence-corrected chi connectivity index (χ0v) is 19.1. The minimum Gasteiger partial charge on any atom is -0.496 e. The van der Waals surface area contributed by atoms with Crippen molar-refractivity contribution in [3.05, 3.63) is 95.5 Å². The van der Waals surface area contributed by atoms with Crippen LogP contribution in [0.4, 0.5) is 4.39 Å². The van der Waals surface area contributed by atoms with Crippen molar-refractivity contribution in [1.82, 2.24) is 5.32 Å².